The van der Waals surface area contributed by atoms with Crippen LogP contribution in [0.1, 0.15) is 35.4 Å². The second kappa shape index (κ2) is 11.5. The first-order chi connectivity index (χ1) is 18.2. The van der Waals surface area contributed by atoms with Crippen LogP contribution in [0.2, 0.25) is 0 Å². The van der Waals surface area contributed by atoms with Gasteiger partial charge in [-0.3, -0.25) is 4.90 Å². The molecule has 5 rings (SSSR count). The van der Waals surface area contributed by atoms with Crippen molar-refractivity contribution in [2.75, 3.05) is 38.7 Å². The molecule has 2 amide bonds. The normalized spacial score (nSPS) is 21.4. The van der Waals surface area contributed by atoms with Crippen molar-refractivity contribution in [3.63, 3.8) is 0 Å². The predicted molar refractivity (Wildman–Crippen MR) is 146 cm³/mol. The first-order valence-corrected chi connectivity index (χ1v) is 12.9. The summed E-state index contributed by atoms with van der Waals surface area (Å²) < 4.78 is 5.40. The number of nitrogens with zero attached hydrogens (tertiary/aromatic N) is 2. The SMILES string of the molecule is COc1ccccc1NC(=O)N1CCCCN2[C@H](C1)[C@H](c1ccc(C#Cc3ccccc3)cc1)[C@@H]2CO. The fraction of sp³-hybridized carbons (Fsp3) is 0.323. The van der Waals surface area contributed by atoms with Crippen LogP contribution in [0.15, 0.2) is 78.9 Å². The molecule has 3 aromatic carbocycles. The minimum absolute atomic E-state index is 0.0588. The summed E-state index contributed by atoms with van der Waals surface area (Å²) in [6.45, 7) is 2.35. The molecule has 0 aromatic heterocycles. The summed E-state index contributed by atoms with van der Waals surface area (Å²) >= 11 is 0. The number of benzene rings is 3. The number of carbonyl (C=O) groups is 1. The summed E-state index contributed by atoms with van der Waals surface area (Å²) in [5.74, 6) is 7.24. The molecule has 2 N–H and O–H groups in total. The molecule has 0 spiro atoms. The number of nitrogens with one attached hydrogen (secondary N) is 1. The number of amides is 2. The zero-order valence-electron chi connectivity index (χ0n) is 21.1. The van der Waals surface area contributed by atoms with E-state index in [4.69, 9.17) is 4.74 Å². The van der Waals surface area contributed by atoms with Gasteiger partial charge >= 0.3 is 6.03 Å². The van der Waals surface area contributed by atoms with E-state index in [-0.39, 0.29) is 30.6 Å². The Morgan fingerprint density at radius 2 is 1.62 bits per heavy atom. The first-order valence-electron chi connectivity index (χ1n) is 12.9. The average Bonchev–Trinajstić information content (AvgIpc) is 2.92. The molecule has 2 heterocycles. The molecule has 0 aliphatic carbocycles. The van der Waals surface area contributed by atoms with Crippen LogP contribution in [-0.2, 0) is 0 Å². The average molecular weight is 496 g/mol. The molecule has 0 bridgehead atoms. The van der Waals surface area contributed by atoms with E-state index in [0.29, 0.717) is 24.5 Å². The number of ether oxygens (including phenoxy) is 1. The number of fused-ring (bicyclic) bond motifs is 1. The van der Waals surface area contributed by atoms with E-state index in [2.05, 4.69) is 46.3 Å². The minimum atomic E-state index is -0.121. The van der Waals surface area contributed by atoms with Gasteiger partial charge in [0.25, 0.3) is 0 Å². The number of aliphatic hydroxyl groups excluding tert-OH is 1. The van der Waals surface area contributed by atoms with Gasteiger partial charge in [0.15, 0.2) is 0 Å². The number of para-hydroxylation sites is 2. The second-order valence-electron chi connectivity index (χ2n) is 9.60. The Bertz CT molecular complexity index is 1270. The molecule has 3 atom stereocenters. The van der Waals surface area contributed by atoms with Gasteiger partial charge in [-0.25, -0.2) is 4.79 Å². The van der Waals surface area contributed by atoms with Gasteiger partial charge in [0.05, 0.1) is 19.4 Å². The Labute approximate surface area is 218 Å². The maximum absolute atomic E-state index is 13.3. The molecule has 3 aromatic rings. The number of rotatable bonds is 4. The number of hydrogen-bond donors (Lipinski definition) is 2. The van der Waals surface area contributed by atoms with E-state index in [1.54, 1.807) is 7.11 Å². The van der Waals surface area contributed by atoms with E-state index in [1.807, 2.05) is 59.5 Å². The van der Waals surface area contributed by atoms with Gasteiger partial charge in [-0.2, -0.15) is 0 Å². The molecule has 2 aliphatic rings. The van der Waals surface area contributed by atoms with Gasteiger partial charge in [-0.1, -0.05) is 54.3 Å². The van der Waals surface area contributed by atoms with Crippen molar-refractivity contribution in [3.8, 4) is 17.6 Å². The lowest BCUT2D eigenvalue weighted by Crippen LogP contribution is -2.68. The van der Waals surface area contributed by atoms with Gasteiger partial charge in [0, 0.05) is 42.2 Å². The summed E-state index contributed by atoms with van der Waals surface area (Å²) in [4.78, 5) is 17.6. The molecule has 2 fully saturated rings. The molecule has 0 radical (unpaired) electrons. The zero-order valence-corrected chi connectivity index (χ0v) is 21.1. The van der Waals surface area contributed by atoms with E-state index >= 15 is 0 Å². The fourth-order valence-electron chi connectivity index (χ4n) is 5.52. The number of urea groups is 1. The molecular formula is C31H33N3O3. The number of aliphatic hydroxyl groups is 1. The highest BCUT2D eigenvalue weighted by Crippen LogP contribution is 2.42. The van der Waals surface area contributed by atoms with Crippen LogP contribution in [0, 0.1) is 11.8 Å². The lowest BCUT2D eigenvalue weighted by atomic mass is 9.74. The second-order valence-corrected chi connectivity index (χ2v) is 9.60. The smallest absolute Gasteiger partial charge is 0.322 e. The van der Waals surface area contributed by atoms with Crippen LogP contribution >= 0.6 is 0 Å². The summed E-state index contributed by atoms with van der Waals surface area (Å²) in [5, 5.41) is 13.3. The third-order valence-electron chi connectivity index (χ3n) is 7.43. The van der Waals surface area contributed by atoms with Crippen LogP contribution < -0.4 is 10.1 Å². The maximum Gasteiger partial charge on any atom is 0.322 e. The largest absolute Gasteiger partial charge is 0.495 e. The Morgan fingerprint density at radius 1 is 0.946 bits per heavy atom. The van der Waals surface area contributed by atoms with Crippen LogP contribution in [-0.4, -0.2) is 66.4 Å². The molecule has 2 aliphatic heterocycles. The summed E-state index contributed by atoms with van der Waals surface area (Å²) in [5.41, 5.74) is 3.79. The van der Waals surface area contributed by atoms with Crippen LogP contribution in [0.5, 0.6) is 5.75 Å². The summed E-state index contributed by atoms with van der Waals surface area (Å²) in [6.07, 6.45) is 1.92. The van der Waals surface area contributed by atoms with E-state index in [1.165, 1.54) is 5.56 Å². The molecular weight excluding hydrogens is 462 g/mol. The Kier molecular flexibility index (Phi) is 7.74. The quantitative estimate of drug-likeness (QED) is 0.521. The highest BCUT2D eigenvalue weighted by molar-refractivity contribution is 5.91. The number of carbonyl (C=O) groups excluding carboxylic acids is 1. The molecule has 6 nitrogen and oxygen atoms in total. The topological polar surface area (TPSA) is 65.0 Å². The van der Waals surface area contributed by atoms with E-state index < -0.39 is 0 Å². The highest BCUT2D eigenvalue weighted by Gasteiger charge is 2.49. The van der Waals surface area contributed by atoms with Crippen LogP contribution in [0.3, 0.4) is 0 Å². The standard InChI is InChI=1S/C31H33N3O3/c1-37-29-12-6-5-11-26(29)32-31(36)33-19-7-8-20-34-27(21-33)30(28(34)22-35)25-17-15-24(16-18-25)14-13-23-9-3-2-4-10-23/h2-6,9-12,15-18,27-28,30,35H,7-8,19-22H2,1H3,(H,32,36)/t27-,28+,30+/m1/s1. The van der Waals surface area contributed by atoms with Gasteiger partial charge in [0.1, 0.15) is 5.75 Å². The number of methoxy groups -OCH3 is 1. The van der Waals surface area contributed by atoms with Gasteiger partial charge < -0.3 is 20.1 Å². The number of hydrogen-bond acceptors (Lipinski definition) is 4. The third kappa shape index (κ3) is 5.48. The molecule has 190 valence electrons. The van der Waals surface area contributed by atoms with E-state index in [9.17, 15) is 9.90 Å². The summed E-state index contributed by atoms with van der Waals surface area (Å²) in [6, 6.07) is 25.9. The van der Waals surface area contributed by atoms with Crippen molar-refractivity contribution in [2.24, 2.45) is 0 Å². The van der Waals surface area contributed by atoms with Crippen molar-refractivity contribution in [1.29, 1.82) is 0 Å². The van der Waals surface area contributed by atoms with Crippen LogP contribution in [0.25, 0.3) is 0 Å². The van der Waals surface area contributed by atoms with Gasteiger partial charge in [0.2, 0.25) is 0 Å². The van der Waals surface area contributed by atoms with Crippen molar-refractivity contribution in [1.82, 2.24) is 9.80 Å². The molecule has 37 heavy (non-hydrogen) atoms. The predicted octanol–water partition coefficient (Wildman–Crippen LogP) is 4.55. The fourth-order valence-corrected chi connectivity index (χ4v) is 5.52. The van der Waals surface area contributed by atoms with Crippen molar-refractivity contribution >= 4 is 11.7 Å². The third-order valence-corrected chi connectivity index (χ3v) is 7.43. The zero-order chi connectivity index (χ0) is 25.6. The van der Waals surface area contributed by atoms with E-state index in [0.717, 1.165) is 30.5 Å². The van der Waals surface area contributed by atoms with Gasteiger partial charge in [-0.05, 0) is 61.3 Å². The van der Waals surface area contributed by atoms with Crippen LogP contribution in [0.4, 0.5) is 10.5 Å². The lowest BCUT2D eigenvalue weighted by Gasteiger charge is -2.57. The Morgan fingerprint density at radius 3 is 2.35 bits per heavy atom. The molecule has 0 unspecified atom stereocenters. The highest BCUT2D eigenvalue weighted by atomic mass is 16.5. The minimum Gasteiger partial charge on any atom is -0.495 e. The Balaban J connectivity index is 1.32. The monoisotopic (exact) mass is 495 g/mol. The molecule has 0 saturated carbocycles. The maximum atomic E-state index is 13.3. The number of anilines is 1. The molecule has 2 saturated heterocycles. The van der Waals surface area contributed by atoms with Crippen molar-refractivity contribution in [3.05, 3.63) is 95.6 Å². The first kappa shape index (κ1) is 24.9. The van der Waals surface area contributed by atoms with Gasteiger partial charge in [-0.15, -0.1) is 0 Å². The van der Waals surface area contributed by atoms with Crippen molar-refractivity contribution in [2.45, 2.75) is 30.8 Å². The molecule has 6 heteroatoms. The summed E-state index contributed by atoms with van der Waals surface area (Å²) in [7, 11) is 1.60. The Hall–Kier alpha value is -3.79. The lowest BCUT2D eigenvalue weighted by molar-refractivity contribution is -0.0585. The van der Waals surface area contributed by atoms with Crippen molar-refractivity contribution < 1.29 is 14.6 Å².